The van der Waals surface area contributed by atoms with E-state index in [1.54, 1.807) is 11.0 Å². The standard InChI is InChI=1S/C19H24ClN3O3S2/c1-3-21(2)18(15-7-5-4-6-8-15)19(24)22-11-13-23(14-12-22)28(25,26)17-10-9-16(20)27-17/h4-10,18H,3,11-14H2,1-2H3. The molecular formula is C19H24ClN3O3S2. The van der Waals surface area contributed by atoms with Crippen LogP contribution in [0.2, 0.25) is 4.34 Å². The molecule has 1 atom stereocenters. The van der Waals surface area contributed by atoms with Gasteiger partial charge in [-0.2, -0.15) is 4.31 Å². The smallest absolute Gasteiger partial charge is 0.252 e. The van der Waals surface area contributed by atoms with Gasteiger partial charge in [0.1, 0.15) is 10.3 Å². The first-order chi connectivity index (χ1) is 13.3. The van der Waals surface area contributed by atoms with Gasteiger partial charge in [0.15, 0.2) is 0 Å². The third kappa shape index (κ3) is 4.41. The van der Waals surface area contributed by atoms with Crippen molar-refractivity contribution in [1.29, 1.82) is 0 Å². The molecule has 152 valence electrons. The molecule has 6 nitrogen and oxygen atoms in total. The predicted octanol–water partition coefficient (Wildman–Crippen LogP) is 2.93. The maximum atomic E-state index is 13.2. The summed E-state index contributed by atoms with van der Waals surface area (Å²) in [5, 5.41) is 0. The Morgan fingerprint density at radius 3 is 2.32 bits per heavy atom. The van der Waals surface area contributed by atoms with E-state index < -0.39 is 10.0 Å². The first-order valence-corrected chi connectivity index (χ1v) is 11.8. The van der Waals surface area contributed by atoms with Crippen molar-refractivity contribution < 1.29 is 13.2 Å². The highest BCUT2D eigenvalue weighted by atomic mass is 35.5. The lowest BCUT2D eigenvalue weighted by molar-refractivity contribution is -0.138. The molecular weight excluding hydrogens is 418 g/mol. The van der Waals surface area contributed by atoms with Crippen LogP contribution in [0, 0.1) is 0 Å². The molecule has 0 bridgehead atoms. The van der Waals surface area contributed by atoms with E-state index in [-0.39, 0.29) is 29.2 Å². The predicted molar refractivity (Wildman–Crippen MR) is 112 cm³/mol. The number of carbonyl (C=O) groups excluding carboxylic acids is 1. The summed E-state index contributed by atoms with van der Waals surface area (Å²) in [6, 6.07) is 12.4. The number of likely N-dealkylation sites (N-methyl/N-ethyl adjacent to an activating group) is 1. The molecule has 0 aliphatic carbocycles. The van der Waals surface area contributed by atoms with Crippen LogP contribution >= 0.6 is 22.9 Å². The summed E-state index contributed by atoms with van der Waals surface area (Å²) in [4.78, 5) is 17.0. The van der Waals surface area contributed by atoms with E-state index in [9.17, 15) is 13.2 Å². The minimum Gasteiger partial charge on any atom is -0.338 e. The third-order valence-electron chi connectivity index (χ3n) is 4.98. The topological polar surface area (TPSA) is 60.9 Å². The Morgan fingerprint density at radius 2 is 1.79 bits per heavy atom. The Balaban J connectivity index is 1.72. The molecule has 0 saturated carbocycles. The van der Waals surface area contributed by atoms with Crippen LogP contribution < -0.4 is 0 Å². The molecule has 1 aromatic heterocycles. The molecule has 1 fully saturated rings. The Morgan fingerprint density at radius 1 is 1.14 bits per heavy atom. The van der Waals surface area contributed by atoms with Crippen molar-refractivity contribution >= 4 is 38.9 Å². The summed E-state index contributed by atoms with van der Waals surface area (Å²) in [6.07, 6.45) is 0. The van der Waals surface area contributed by atoms with Crippen molar-refractivity contribution in [2.24, 2.45) is 0 Å². The van der Waals surface area contributed by atoms with Crippen molar-refractivity contribution in [3.8, 4) is 0 Å². The van der Waals surface area contributed by atoms with E-state index in [1.807, 2.05) is 49.2 Å². The monoisotopic (exact) mass is 441 g/mol. The van der Waals surface area contributed by atoms with Gasteiger partial charge >= 0.3 is 0 Å². The number of rotatable bonds is 6. The molecule has 0 spiro atoms. The fourth-order valence-corrected chi connectivity index (χ4v) is 6.35. The van der Waals surface area contributed by atoms with Crippen molar-refractivity contribution in [3.63, 3.8) is 0 Å². The summed E-state index contributed by atoms with van der Waals surface area (Å²) in [7, 11) is -1.64. The van der Waals surface area contributed by atoms with Gasteiger partial charge < -0.3 is 4.90 Å². The summed E-state index contributed by atoms with van der Waals surface area (Å²) in [5.74, 6) is 0.00626. The van der Waals surface area contributed by atoms with Crippen LogP contribution in [-0.2, 0) is 14.8 Å². The lowest BCUT2D eigenvalue weighted by atomic mass is 10.0. The first-order valence-electron chi connectivity index (χ1n) is 9.14. The van der Waals surface area contributed by atoms with Gasteiger partial charge in [-0.25, -0.2) is 8.42 Å². The molecule has 1 aliphatic rings. The average Bonchev–Trinajstić information content (AvgIpc) is 3.16. The van der Waals surface area contributed by atoms with E-state index >= 15 is 0 Å². The van der Waals surface area contributed by atoms with Crippen LogP contribution in [-0.4, -0.2) is 68.2 Å². The van der Waals surface area contributed by atoms with Crippen molar-refractivity contribution in [2.45, 2.75) is 17.2 Å². The fourth-order valence-electron chi connectivity index (χ4n) is 3.29. The van der Waals surface area contributed by atoms with Crippen LogP contribution in [0.1, 0.15) is 18.5 Å². The highest BCUT2D eigenvalue weighted by molar-refractivity contribution is 7.91. The van der Waals surface area contributed by atoms with E-state index in [2.05, 4.69) is 0 Å². The van der Waals surface area contributed by atoms with Crippen molar-refractivity contribution in [2.75, 3.05) is 39.8 Å². The van der Waals surface area contributed by atoms with Crippen LogP contribution in [0.15, 0.2) is 46.7 Å². The molecule has 9 heteroatoms. The zero-order valence-electron chi connectivity index (χ0n) is 15.9. The lowest BCUT2D eigenvalue weighted by Gasteiger charge is -2.37. The molecule has 1 aliphatic heterocycles. The number of piperazine rings is 1. The van der Waals surface area contributed by atoms with Crippen molar-refractivity contribution in [1.82, 2.24) is 14.1 Å². The minimum atomic E-state index is -3.56. The quantitative estimate of drug-likeness (QED) is 0.691. The average molecular weight is 442 g/mol. The summed E-state index contributed by atoms with van der Waals surface area (Å²) < 4.78 is 27.6. The number of carbonyl (C=O) groups is 1. The van der Waals surface area contributed by atoms with Crippen molar-refractivity contribution in [3.05, 3.63) is 52.4 Å². The maximum absolute atomic E-state index is 13.2. The number of benzene rings is 1. The Kier molecular flexibility index (Phi) is 6.77. The van der Waals surface area contributed by atoms with Gasteiger partial charge in [0, 0.05) is 26.2 Å². The minimum absolute atomic E-state index is 0.00626. The number of hydrogen-bond acceptors (Lipinski definition) is 5. The van der Waals surface area contributed by atoms with Gasteiger partial charge in [0.2, 0.25) is 5.91 Å². The molecule has 0 radical (unpaired) electrons. The van der Waals surface area contributed by atoms with Gasteiger partial charge in [0.25, 0.3) is 10.0 Å². The van der Waals surface area contributed by atoms with Gasteiger partial charge in [-0.1, -0.05) is 48.9 Å². The Bertz CT molecular complexity index is 910. The number of sulfonamides is 1. The highest BCUT2D eigenvalue weighted by Crippen LogP contribution is 2.29. The summed E-state index contributed by atoms with van der Waals surface area (Å²) in [5.41, 5.74) is 0.945. The number of amides is 1. The molecule has 1 unspecified atom stereocenters. The molecule has 1 saturated heterocycles. The number of thiophene rings is 1. The first kappa shape index (κ1) is 21.3. The SMILES string of the molecule is CCN(C)C(C(=O)N1CCN(S(=O)(=O)c2ccc(Cl)s2)CC1)c1ccccc1. The zero-order valence-corrected chi connectivity index (χ0v) is 18.3. The maximum Gasteiger partial charge on any atom is 0.252 e. The zero-order chi connectivity index (χ0) is 20.3. The van der Waals surface area contributed by atoms with Crippen LogP contribution in [0.25, 0.3) is 0 Å². The normalized spacial score (nSPS) is 17.1. The molecule has 2 heterocycles. The van der Waals surface area contributed by atoms with Crippen LogP contribution in [0.5, 0.6) is 0 Å². The highest BCUT2D eigenvalue weighted by Gasteiger charge is 2.34. The molecule has 2 aromatic rings. The van der Waals surface area contributed by atoms with Gasteiger partial charge in [-0.15, -0.1) is 11.3 Å². The third-order valence-corrected chi connectivity index (χ3v) is 8.58. The molecule has 1 aromatic carbocycles. The molecule has 3 rings (SSSR count). The second-order valence-electron chi connectivity index (χ2n) is 6.67. The second-order valence-corrected chi connectivity index (χ2v) is 10.6. The van der Waals surface area contributed by atoms with E-state index in [1.165, 1.54) is 10.4 Å². The summed E-state index contributed by atoms with van der Waals surface area (Å²) in [6.45, 7) is 4.05. The van der Waals surface area contributed by atoms with E-state index in [0.29, 0.717) is 17.4 Å². The van der Waals surface area contributed by atoms with E-state index in [4.69, 9.17) is 11.6 Å². The Hall–Kier alpha value is -1.45. The number of nitrogens with zero attached hydrogens (tertiary/aromatic N) is 3. The van der Waals surface area contributed by atoms with Gasteiger partial charge in [-0.3, -0.25) is 9.69 Å². The van der Waals surface area contributed by atoms with Crippen LogP contribution in [0.4, 0.5) is 0 Å². The van der Waals surface area contributed by atoms with Gasteiger partial charge in [0.05, 0.1) is 4.34 Å². The fraction of sp³-hybridized carbons (Fsp3) is 0.421. The number of hydrogen-bond donors (Lipinski definition) is 0. The van der Waals surface area contributed by atoms with E-state index in [0.717, 1.165) is 23.4 Å². The number of halogens is 1. The second kappa shape index (κ2) is 8.92. The molecule has 0 N–H and O–H groups in total. The Labute approximate surface area is 175 Å². The van der Waals surface area contributed by atoms with Gasteiger partial charge in [-0.05, 0) is 31.3 Å². The van der Waals surface area contributed by atoms with Crippen LogP contribution in [0.3, 0.4) is 0 Å². The summed E-state index contributed by atoms with van der Waals surface area (Å²) >= 11 is 6.94. The lowest BCUT2D eigenvalue weighted by Crippen LogP contribution is -2.53. The largest absolute Gasteiger partial charge is 0.338 e. The molecule has 1 amide bonds. The molecule has 28 heavy (non-hydrogen) atoms.